The first kappa shape index (κ1) is 12.5. The van der Waals surface area contributed by atoms with E-state index in [9.17, 15) is 4.79 Å². The van der Waals surface area contributed by atoms with Crippen LogP contribution in [0.5, 0.6) is 0 Å². The number of hydroxylamine groups is 2. The minimum Gasteiger partial charge on any atom is -0.461 e. The average molecular weight is 224 g/mol. The summed E-state index contributed by atoms with van der Waals surface area (Å²) in [5.74, 6) is -0.357. The molecular formula is C11H16N2O3. The van der Waals surface area contributed by atoms with Crippen molar-refractivity contribution in [1.29, 1.82) is 0 Å². The smallest absolute Gasteiger partial charge is 0.338 e. The van der Waals surface area contributed by atoms with Crippen molar-refractivity contribution in [2.24, 2.45) is 0 Å². The Kier molecular flexibility index (Phi) is 4.75. The molecule has 0 radical (unpaired) electrons. The molecule has 88 valence electrons. The van der Waals surface area contributed by atoms with E-state index in [0.717, 1.165) is 0 Å². The first-order valence-corrected chi connectivity index (χ1v) is 4.91. The van der Waals surface area contributed by atoms with Crippen LogP contribution in [0.2, 0.25) is 0 Å². The van der Waals surface area contributed by atoms with Crippen molar-refractivity contribution < 1.29 is 14.4 Å². The first-order valence-electron chi connectivity index (χ1n) is 4.91. The SMILES string of the molecule is CON(C)CCOC(=O)c1ccc(N)cc1. The molecule has 0 aliphatic carbocycles. The maximum Gasteiger partial charge on any atom is 0.338 e. The minimum atomic E-state index is -0.357. The van der Waals surface area contributed by atoms with Crippen molar-refractivity contribution >= 4 is 11.7 Å². The number of likely N-dealkylation sites (N-methyl/N-ethyl adjacent to an activating group) is 1. The number of ether oxygens (including phenoxy) is 1. The van der Waals surface area contributed by atoms with Gasteiger partial charge in [0.2, 0.25) is 0 Å². The molecule has 0 spiro atoms. The molecule has 0 unspecified atom stereocenters. The maximum atomic E-state index is 11.5. The van der Waals surface area contributed by atoms with Gasteiger partial charge in [0.1, 0.15) is 6.61 Å². The number of nitrogens with two attached hydrogens (primary N) is 1. The number of nitrogen functional groups attached to an aromatic ring is 1. The predicted octanol–water partition coefficient (Wildman–Crippen LogP) is 0.919. The van der Waals surface area contributed by atoms with E-state index in [1.165, 1.54) is 0 Å². The van der Waals surface area contributed by atoms with Crippen LogP contribution < -0.4 is 5.73 Å². The van der Waals surface area contributed by atoms with E-state index in [-0.39, 0.29) is 12.6 Å². The maximum absolute atomic E-state index is 11.5. The summed E-state index contributed by atoms with van der Waals surface area (Å²) in [7, 11) is 3.32. The van der Waals surface area contributed by atoms with Crippen molar-refractivity contribution in [3.63, 3.8) is 0 Å². The monoisotopic (exact) mass is 224 g/mol. The molecule has 5 heteroatoms. The molecule has 1 aromatic carbocycles. The van der Waals surface area contributed by atoms with E-state index < -0.39 is 0 Å². The lowest BCUT2D eigenvalue weighted by molar-refractivity contribution is -0.116. The van der Waals surface area contributed by atoms with Crippen LogP contribution in [0.15, 0.2) is 24.3 Å². The highest BCUT2D eigenvalue weighted by Gasteiger charge is 2.06. The van der Waals surface area contributed by atoms with E-state index in [4.69, 9.17) is 15.3 Å². The number of nitrogens with zero attached hydrogens (tertiary/aromatic N) is 1. The van der Waals surface area contributed by atoms with Crippen LogP contribution in [-0.2, 0) is 9.57 Å². The second-order valence-corrected chi connectivity index (χ2v) is 3.29. The largest absolute Gasteiger partial charge is 0.461 e. The van der Waals surface area contributed by atoms with Crippen molar-refractivity contribution in [2.45, 2.75) is 0 Å². The Labute approximate surface area is 94.7 Å². The second-order valence-electron chi connectivity index (χ2n) is 3.29. The van der Waals surface area contributed by atoms with Gasteiger partial charge < -0.3 is 15.3 Å². The van der Waals surface area contributed by atoms with Gasteiger partial charge in [0.05, 0.1) is 19.2 Å². The second kappa shape index (κ2) is 6.09. The van der Waals surface area contributed by atoms with Crippen molar-refractivity contribution in [3.8, 4) is 0 Å². The molecule has 0 fully saturated rings. The normalized spacial score (nSPS) is 10.4. The Morgan fingerprint density at radius 1 is 1.38 bits per heavy atom. The Morgan fingerprint density at radius 3 is 2.56 bits per heavy atom. The first-order chi connectivity index (χ1) is 7.63. The molecule has 5 nitrogen and oxygen atoms in total. The molecule has 0 aliphatic rings. The lowest BCUT2D eigenvalue weighted by atomic mass is 10.2. The fraction of sp³-hybridized carbons (Fsp3) is 0.364. The zero-order valence-corrected chi connectivity index (χ0v) is 9.47. The van der Waals surface area contributed by atoms with Gasteiger partial charge in [0.15, 0.2) is 0 Å². The topological polar surface area (TPSA) is 64.8 Å². The number of anilines is 1. The average Bonchev–Trinajstić information content (AvgIpc) is 2.29. The highest BCUT2D eigenvalue weighted by Crippen LogP contribution is 2.06. The predicted molar refractivity (Wildman–Crippen MR) is 60.8 cm³/mol. The quantitative estimate of drug-likeness (QED) is 0.457. The summed E-state index contributed by atoms with van der Waals surface area (Å²) >= 11 is 0. The van der Waals surface area contributed by atoms with Crippen LogP contribution in [0.25, 0.3) is 0 Å². The zero-order valence-electron chi connectivity index (χ0n) is 9.47. The number of rotatable bonds is 5. The lowest BCUT2D eigenvalue weighted by Gasteiger charge is -2.13. The summed E-state index contributed by atoms with van der Waals surface area (Å²) in [5.41, 5.74) is 6.63. The third-order valence-corrected chi connectivity index (χ3v) is 2.10. The summed E-state index contributed by atoms with van der Waals surface area (Å²) in [6, 6.07) is 6.60. The van der Waals surface area contributed by atoms with E-state index in [1.807, 2.05) is 0 Å². The summed E-state index contributed by atoms with van der Waals surface area (Å²) in [6.07, 6.45) is 0. The van der Waals surface area contributed by atoms with E-state index in [0.29, 0.717) is 17.8 Å². The van der Waals surface area contributed by atoms with Crippen LogP contribution in [-0.4, -0.2) is 38.3 Å². The molecule has 16 heavy (non-hydrogen) atoms. The number of carbonyl (C=O) groups is 1. The fourth-order valence-corrected chi connectivity index (χ4v) is 1.06. The van der Waals surface area contributed by atoms with Gasteiger partial charge in [0, 0.05) is 12.7 Å². The molecule has 0 saturated heterocycles. The lowest BCUT2D eigenvalue weighted by Crippen LogP contribution is -2.23. The number of benzene rings is 1. The van der Waals surface area contributed by atoms with Crippen molar-refractivity contribution in [2.75, 3.05) is 33.0 Å². The highest BCUT2D eigenvalue weighted by atomic mass is 16.7. The number of carbonyl (C=O) groups excluding carboxylic acids is 1. The molecule has 0 amide bonds. The Hall–Kier alpha value is -1.59. The molecule has 0 atom stereocenters. The molecule has 0 aliphatic heterocycles. The van der Waals surface area contributed by atoms with E-state index in [2.05, 4.69) is 0 Å². The van der Waals surface area contributed by atoms with Crippen LogP contribution in [0, 0.1) is 0 Å². The van der Waals surface area contributed by atoms with E-state index in [1.54, 1.807) is 43.5 Å². The van der Waals surface area contributed by atoms with Gasteiger partial charge >= 0.3 is 5.97 Å². The summed E-state index contributed by atoms with van der Waals surface area (Å²) in [4.78, 5) is 16.4. The number of esters is 1. The molecular weight excluding hydrogens is 208 g/mol. The minimum absolute atomic E-state index is 0.285. The van der Waals surface area contributed by atoms with E-state index >= 15 is 0 Å². The number of hydrogen-bond acceptors (Lipinski definition) is 5. The molecule has 0 saturated carbocycles. The fourth-order valence-electron chi connectivity index (χ4n) is 1.06. The van der Waals surface area contributed by atoms with Gasteiger partial charge in [-0.05, 0) is 24.3 Å². The van der Waals surface area contributed by atoms with Gasteiger partial charge in [-0.3, -0.25) is 0 Å². The summed E-state index contributed by atoms with van der Waals surface area (Å²) in [5, 5.41) is 1.58. The van der Waals surface area contributed by atoms with Crippen LogP contribution in [0.1, 0.15) is 10.4 Å². The summed E-state index contributed by atoms with van der Waals surface area (Å²) < 4.78 is 5.04. The molecule has 0 heterocycles. The molecule has 0 bridgehead atoms. The Morgan fingerprint density at radius 2 is 2.00 bits per heavy atom. The van der Waals surface area contributed by atoms with Gasteiger partial charge in [0.25, 0.3) is 0 Å². The van der Waals surface area contributed by atoms with Gasteiger partial charge in [-0.1, -0.05) is 0 Å². The van der Waals surface area contributed by atoms with Crippen LogP contribution in [0.3, 0.4) is 0 Å². The van der Waals surface area contributed by atoms with Crippen LogP contribution in [0.4, 0.5) is 5.69 Å². The summed E-state index contributed by atoms with van der Waals surface area (Å²) in [6.45, 7) is 0.810. The van der Waals surface area contributed by atoms with Crippen molar-refractivity contribution in [1.82, 2.24) is 5.06 Å². The molecule has 0 aromatic heterocycles. The zero-order chi connectivity index (χ0) is 12.0. The third kappa shape index (κ3) is 3.88. The third-order valence-electron chi connectivity index (χ3n) is 2.10. The van der Waals surface area contributed by atoms with Crippen LogP contribution >= 0.6 is 0 Å². The molecule has 1 rings (SSSR count). The van der Waals surface area contributed by atoms with Gasteiger partial charge in [-0.15, -0.1) is 0 Å². The van der Waals surface area contributed by atoms with Crippen molar-refractivity contribution in [3.05, 3.63) is 29.8 Å². The molecule has 2 N–H and O–H groups in total. The van der Waals surface area contributed by atoms with Gasteiger partial charge in [-0.2, -0.15) is 5.06 Å². The highest BCUT2D eigenvalue weighted by molar-refractivity contribution is 5.89. The standard InChI is InChI=1S/C11H16N2O3/c1-13(15-2)7-8-16-11(14)9-3-5-10(12)6-4-9/h3-6H,7-8,12H2,1-2H3. The molecule has 1 aromatic rings. The number of hydrogen-bond donors (Lipinski definition) is 1. The van der Waals surface area contributed by atoms with Gasteiger partial charge in [-0.25, -0.2) is 4.79 Å². The Balaban J connectivity index is 2.38. The Bertz CT molecular complexity index is 338.